The fourth-order valence-electron chi connectivity index (χ4n) is 1.61. The molecule has 3 nitrogen and oxygen atoms in total. The maximum absolute atomic E-state index is 9.62. The molecular weight excluding hydrogens is 271 g/mol. The summed E-state index contributed by atoms with van der Waals surface area (Å²) >= 11 is 0.560. The van der Waals surface area contributed by atoms with Crippen LogP contribution in [0.3, 0.4) is 0 Å². The van der Waals surface area contributed by atoms with Gasteiger partial charge in [0, 0.05) is 0 Å². The van der Waals surface area contributed by atoms with Gasteiger partial charge in [-0.15, -0.1) is 0 Å². The quantitative estimate of drug-likeness (QED) is 0.853. The Kier molecular flexibility index (Phi) is 4.24. The van der Waals surface area contributed by atoms with E-state index in [-0.39, 0.29) is 12.2 Å². The number of methoxy groups -OCH3 is 1. The van der Waals surface area contributed by atoms with Gasteiger partial charge in [0.15, 0.2) is 0 Å². The number of ether oxygens (including phenoxy) is 2. The predicted octanol–water partition coefficient (Wildman–Crippen LogP) is 1.50. The SMILES string of the molecule is COc1ccc(CO[C@@H]2C[Se]C[C@H]2O)cc1. The van der Waals surface area contributed by atoms with E-state index in [1.807, 2.05) is 24.3 Å². The van der Waals surface area contributed by atoms with Gasteiger partial charge >= 0.3 is 102 Å². The van der Waals surface area contributed by atoms with Crippen LogP contribution in [0.25, 0.3) is 0 Å². The average molecular weight is 287 g/mol. The van der Waals surface area contributed by atoms with E-state index in [9.17, 15) is 5.11 Å². The first-order chi connectivity index (χ1) is 7.79. The second kappa shape index (κ2) is 5.69. The third-order valence-corrected chi connectivity index (χ3v) is 5.02. The van der Waals surface area contributed by atoms with E-state index in [1.54, 1.807) is 7.11 Å². The summed E-state index contributed by atoms with van der Waals surface area (Å²) in [7, 11) is 1.66. The number of hydrogen-bond donors (Lipinski definition) is 1. The molecule has 0 aliphatic carbocycles. The van der Waals surface area contributed by atoms with E-state index in [0.29, 0.717) is 21.6 Å². The zero-order valence-corrected chi connectivity index (χ0v) is 11.0. The standard InChI is InChI=1S/C12H16O3Se/c1-14-10-4-2-9(3-5-10)6-15-12-8-16-7-11(12)13/h2-5,11-13H,6-8H2,1H3/t11-,12-/m1/s1. The Morgan fingerprint density at radius 3 is 2.62 bits per heavy atom. The van der Waals surface area contributed by atoms with E-state index >= 15 is 0 Å². The van der Waals surface area contributed by atoms with Crippen LogP contribution >= 0.6 is 0 Å². The van der Waals surface area contributed by atoms with Crippen LogP contribution in [0, 0.1) is 0 Å². The summed E-state index contributed by atoms with van der Waals surface area (Å²) in [6.45, 7) is 0.571. The molecule has 1 aliphatic heterocycles. The van der Waals surface area contributed by atoms with Crippen LogP contribution in [0.5, 0.6) is 5.75 Å². The van der Waals surface area contributed by atoms with Gasteiger partial charge in [0.1, 0.15) is 0 Å². The molecule has 0 bridgehead atoms. The molecule has 1 fully saturated rings. The van der Waals surface area contributed by atoms with E-state index in [1.165, 1.54) is 0 Å². The second-order valence-electron chi connectivity index (χ2n) is 3.80. The van der Waals surface area contributed by atoms with Gasteiger partial charge in [-0.1, -0.05) is 0 Å². The summed E-state index contributed by atoms with van der Waals surface area (Å²) in [6.07, 6.45) is -0.208. The monoisotopic (exact) mass is 288 g/mol. The van der Waals surface area contributed by atoms with Crippen LogP contribution < -0.4 is 4.74 Å². The molecule has 1 aromatic carbocycles. The number of aliphatic hydroxyl groups is 1. The zero-order chi connectivity index (χ0) is 11.4. The Balaban J connectivity index is 1.84. The summed E-state index contributed by atoms with van der Waals surface area (Å²) < 4.78 is 10.8. The molecule has 0 radical (unpaired) electrons. The fourth-order valence-corrected chi connectivity index (χ4v) is 4.01. The predicted molar refractivity (Wildman–Crippen MR) is 62.9 cm³/mol. The fraction of sp³-hybridized carbons (Fsp3) is 0.500. The van der Waals surface area contributed by atoms with E-state index in [2.05, 4.69) is 0 Å². The number of hydrogen-bond acceptors (Lipinski definition) is 3. The first-order valence-corrected chi connectivity index (χ1v) is 7.72. The molecule has 1 N–H and O–H groups in total. The summed E-state index contributed by atoms with van der Waals surface area (Å²) in [4.78, 5) is 0. The van der Waals surface area contributed by atoms with Crippen molar-refractivity contribution in [3.8, 4) is 5.75 Å². The van der Waals surface area contributed by atoms with Gasteiger partial charge in [-0.2, -0.15) is 0 Å². The van der Waals surface area contributed by atoms with Gasteiger partial charge in [-0.05, 0) is 0 Å². The Bertz CT molecular complexity index is 326. The van der Waals surface area contributed by atoms with Crippen LogP contribution in [0.4, 0.5) is 0 Å². The second-order valence-corrected chi connectivity index (χ2v) is 6.06. The molecule has 88 valence electrons. The normalized spacial score (nSPS) is 24.6. The molecule has 0 unspecified atom stereocenters. The van der Waals surface area contributed by atoms with Crippen molar-refractivity contribution >= 4 is 15.0 Å². The van der Waals surface area contributed by atoms with Crippen molar-refractivity contribution in [2.45, 2.75) is 29.5 Å². The summed E-state index contributed by atoms with van der Waals surface area (Å²) in [5, 5.41) is 11.6. The third kappa shape index (κ3) is 2.98. The van der Waals surface area contributed by atoms with Crippen molar-refractivity contribution in [1.82, 2.24) is 0 Å². The molecule has 1 heterocycles. The molecule has 0 amide bonds. The van der Waals surface area contributed by atoms with Crippen molar-refractivity contribution in [3.63, 3.8) is 0 Å². The minimum atomic E-state index is -0.252. The van der Waals surface area contributed by atoms with Crippen LogP contribution in [-0.4, -0.2) is 39.4 Å². The Morgan fingerprint density at radius 2 is 2.06 bits per heavy atom. The van der Waals surface area contributed by atoms with E-state index in [0.717, 1.165) is 22.0 Å². The molecule has 0 spiro atoms. The maximum atomic E-state index is 9.62. The Morgan fingerprint density at radius 1 is 1.31 bits per heavy atom. The van der Waals surface area contributed by atoms with Gasteiger partial charge in [-0.3, -0.25) is 0 Å². The van der Waals surface area contributed by atoms with Gasteiger partial charge in [0.2, 0.25) is 0 Å². The van der Waals surface area contributed by atoms with Crippen molar-refractivity contribution in [1.29, 1.82) is 0 Å². The summed E-state index contributed by atoms with van der Waals surface area (Å²) in [5.74, 6) is 0.855. The molecule has 1 saturated heterocycles. The molecule has 1 aliphatic rings. The van der Waals surface area contributed by atoms with Crippen LogP contribution in [0.15, 0.2) is 24.3 Å². The van der Waals surface area contributed by atoms with Crippen molar-refractivity contribution in [2.24, 2.45) is 0 Å². The molecule has 1 aromatic rings. The molecule has 16 heavy (non-hydrogen) atoms. The Labute approximate surface area is 102 Å². The van der Waals surface area contributed by atoms with Gasteiger partial charge < -0.3 is 0 Å². The molecule has 0 aromatic heterocycles. The first kappa shape index (κ1) is 11.9. The van der Waals surface area contributed by atoms with Crippen molar-refractivity contribution in [2.75, 3.05) is 7.11 Å². The first-order valence-electron chi connectivity index (χ1n) is 5.30. The van der Waals surface area contributed by atoms with E-state index in [4.69, 9.17) is 9.47 Å². The van der Waals surface area contributed by atoms with Crippen LogP contribution in [0.1, 0.15) is 5.56 Å². The summed E-state index contributed by atoms with van der Waals surface area (Å²) in [5.41, 5.74) is 1.12. The number of rotatable bonds is 4. The van der Waals surface area contributed by atoms with E-state index < -0.39 is 0 Å². The molecule has 2 atom stereocenters. The summed E-state index contributed by atoms with van der Waals surface area (Å²) in [6, 6.07) is 7.83. The Hall–Kier alpha value is -0.541. The molecule has 0 saturated carbocycles. The van der Waals surface area contributed by atoms with Gasteiger partial charge in [0.05, 0.1) is 0 Å². The van der Waals surface area contributed by atoms with Crippen molar-refractivity contribution in [3.05, 3.63) is 29.8 Å². The van der Waals surface area contributed by atoms with Crippen LogP contribution in [0.2, 0.25) is 10.6 Å². The minimum absolute atomic E-state index is 0.0436. The molecule has 4 heteroatoms. The molecular formula is C12H16O3Se. The topological polar surface area (TPSA) is 38.7 Å². The van der Waals surface area contributed by atoms with Crippen molar-refractivity contribution < 1.29 is 14.6 Å². The number of benzene rings is 1. The van der Waals surface area contributed by atoms with Crippen LogP contribution in [-0.2, 0) is 11.3 Å². The average Bonchev–Trinajstić information content (AvgIpc) is 2.73. The number of aliphatic hydroxyl groups excluding tert-OH is 1. The zero-order valence-electron chi connectivity index (χ0n) is 9.26. The molecule has 2 rings (SSSR count). The van der Waals surface area contributed by atoms with Gasteiger partial charge in [-0.25, -0.2) is 0 Å². The van der Waals surface area contributed by atoms with Gasteiger partial charge in [0.25, 0.3) is 0 Å². The third-order valence-electron chi connectivity index (χ3n) is 2.62.